The number of carbonyl (C=O) groups is 1. The first kappa shape index (κ1) is 16.3. The molecule has 2 atom stereocenters. The molecule has 1 saturated heterocycles. The minimum Gasteiger partial charge on any atom is -0.487 e. The minimum absolute atomic E-state index is 0.204. The number of hydrogen-bond donors (Lipinski definition) is 1. The Labute approximate surface area is 136 Å². The van der Waals surface area contributed by atoms with Crippen LogP contribution in [0.3, 0.4) is 0 Å². The number of aliphatic carboxylic acids is 1. The zero-order chi connectivity index (χ0) is 17.0. The summed E-state index contributed by atoms with van der Waals surface area (Å²) in [6.07, 6.45) is 0.996. The summed E-state index contributed by atoms with van der Waals surface area (Å²) < 4.78 is 32.8. The molecule has 1 N–H and O–H groups in total. The van der Waals surface area contributed by atoms with Gasteiger partial charge in [0.15, 0.2) is 0 Å². The number of carboxylic acid groups (broad SMARTS) is 1. The van der Waals surface area contributed by atoms with Crippen LogP contribution in [-0.4, -0.2) is 42.0 Å². The maximum absolute atomic E-state index is 12.9. The molecule has 1 aromatic rings. The highest BCUT2D eigenvalue weighted by Crippen LogP contribution is 2.37. The standard InChI is InChI=1S/C16H21NO5S/c1-10-13(15(18)19)6-7-17(10)23(20,21)12-4-5-14-11(8-12)9-16(2,3)22-14/h4-5,8,10,13H,6-7,9H2,1-3H3,(H,18,19). The molecule has 2 aliphatic heterocycles. The average Bonchev–Trinajstić information content (AvgIpc) is 2.96. The minimum atomic E-state index is -3.70. The third-order valence-electron chi connectivity index (χ3n) is 4.66. The van der Waals surface area contributed by atoms with Gasteiger partial charge in [0.05, 0.1) is 10.8 Å². The molecular formula is C16H21NO5S. The molecule has 7 heteroatoms. The van der Waals surface area contributed by atoms with Crippen molar-refractivity contribution < 1.29 is 23.1 Å². The summed E-state index contributed by atoms with van der Waals surface area (Å²) in [5, 5.41) is 9.18. The molecule has 0 radical (unpaired) electrons. The van der Waals surface area contributed by atoms with E-state index in [1.54, 1.807) is 19.1 Å². The van der Waals surface area contributed by atoms with Crippen molar-refractivity contribution in [2.75, 3.05) is 6.54 Å². The summed E-state index contributed by atoms with van der Waals surface area (Å²) in [4.78, 5) is 11.4. The highest BCUT2D eigenvalue weighted by atomic mass is 32.2. The van der Waals surface area contributed by atoms with Crippen LogP contribution in [0.1, 0.15) is 32.8 Å². The predicted molar refractivity (Wildman–Crippen MR) is 83.9 cm³/mol. The smallest absolute Gasteiger partial charge is 0.308 e. The second-order valence-corrected chi connectivity index (χ2v) is 8.79. The molecule has 0 saturated carbocycles. The Bertz CT molecular complexity index is 756. The normalized spacial score (nSPS) is 26.7. The molecule has 23 heavy (non-hydrogen) atoms. The molecule has 0 spiro atoms. The van der Waals surface area contributed by atoms with Gasteiger partial charge in [0.25, 0.3) is 0 Å². The van der Waals surface area contributed by atoms with Crippen LogP contribution in [-0.2, 0) is 21.2 Å². The van der Waals surface area contributed by atoms with Crippen molar-refractivity contribution in [2.24, 2.45) is 5.92 Å². The Balaban J connectivity index is 1.92. The summed E-state index contributed by atoms with van der Waals surface area (Å²) in [5.41, 5.74) is 0.540. The number of carboxylic acids is 1. The number of nitrogens with zero attached hydrogens (tertiary/aromatic N) is 1. The monoisotopic (exact) mass is 339 g/mol. The third kappa shape index (κ3) is 2.72. The Morgan fingerprint density at radius 2 is 2.09 bits per heavy atom. The topological polar surface area (TPSA) is 83.9 Å². The van der Waals surface area contributed by atoms with Gasteiger partial charge in [0, 0.05) is 19.0 Å². The van der Waals surface area contributed by atoms with E-state index in [1.807, 2.05) is 13.8 Å². The van der Waals surface area contributed by atoms with Gasteiger partial charge in [-0.15, -0.1) is 0 Å². The second kappa shape index (κ2) is 5.21. The molecule has 0 bridgehead atoms. The molecule has 2 unspecified atom stereocenters. The maximum Gasteiger partial charge on any atom is 0.308 e. The van der Waals surface area contributed by atoms with Crippen molar-refractivity contribution in [1.82, 2.24) is 4.31 Å². The van der Waals surface area contributed by atoms with E-state index in [1.165, 1.54) is 10.4 Å². The van der Waals surface area contributed by atoms with Gasteiger partial charge in [-0.1, -0.05) is 0 Å². The third-order valence-corrected chi connectivity index (χ3v) is 6.64. The van der Waals surface area contributed by atoms with E-state index in [0.29, 0.717) is 18.6 Å². The SMILES string of the molecule is CC1C(C(=O)O)CCN1S(=O)(=O)c1ccc2c(c1)CC(C)(C)O2. The van der Waals surface area contributed by atoms with E-state index in [9.17, 15) is 18.3 Å². The van der Waals surface area contributed by atoms with Crippen LogP contribution in [0.4, 0.5) is 0 Å². The first-order chi connectivity index (χ1) is 10.6. The molecule has 2 heterocycles. The van der Waals surface area contributed by atoms with Gasteiger partial charge in [-0.2, -0.15) is 4.31 Å². The second-order valence-electron chi connectivity index (χ2n) is 6.90. The van der Waals surface area contributed by atoms with Gasteiger partial charge < -0.3 is 9.84 Å². The zero-order valence-electron chi connectivity index (χ0n) is 13.4. The molecule has 0 amide bonds. The molecule has 0 aromatic heterocycles. The Morgan fingerprint density at radius 3 is 2.70 bits per heavy atom. The number of sulfonamides is 1. The van der Waals surface area contributed by atoms with Gasteiger partial charge in [-0.25, -0.2) is 8.42 Å². The Morgan fingerprint density at radius 1 is 1.39 bits per heavy atom. The van der Waals surface area contributed by atoms with Gasteiger partial charge >= 0.3 is 5.97 Å². The Hall–Kier alpha value is -1.60. The molecule has 3 rings (SSSR count). The molecule has 6 nitrogen and oxygen atoms in total. The summed E-state index contributed by atoms with van der Waals surface area (Å²) in [7, 11) is -3.70. The van der Waals surface area contributed by atoms with Crippen molar-refractivity contribution in [2.45, 2.75) is 50.2 Å². The van der Waals surface area contributed by atoms with Crippen molar-refractivity contribution in [3.63, 3.8) is 0 Å². The highest BCUT2D eigenvalue weighted by molar-refractivity contribution is 7.89. The van der Waals surface area contributed by atoms with E-state index in [2.05, 4.69) is 0 Å². The summed E-state index contributed by atoms with van der Waals surface area (Å²) in [6.45, 7) is 5.81. The fraction of sp³-hybridized carbons (Fsp3) is 0.562. The molecule has 1 fully saturated rings. The lowest BCUT2D eigenvalue weighted by Crippen LogP contribution is -2.37. The first-order valence-corrected chi connectivity index (χ1v) is 9.12. The van der Waals surface area contributed by atoms with Crippen LogP contribution < -0.4 is 4.74 Å². The largest absolute Gasteiger partial charge is 0.487 e. The lowest BCUT2D eigenvalue weighted by atomic mass is 10.0. The predicted octanol–water partition coefficient (Wildman–Crippen LogP) is 1.88. The zero-order valence-corrected chi connectivity index (χ0v) is 14.3. The maximum atomic E-state index is 12.9. The molecule has 126 valence electrons. The summed E-state index contributed by atoms with van der Waals surface area (Å²) in [5.74, 6) is -0.882. The lowest BCUT2D eigenvalue weighted by Gasteiger charge is -2.23. The van der Waals surface area contributed by atoms with Crippen molar-refractivity contribution in [1.29, 1.82) is 0 Å². The van der Waals surface area contributed by atoms with Crippen molar-refractivity contribution in [3.05, 3.63) is 23.8 Å². The van der Waals surface area contributed by atoms with E-state index < -0.39 is 28.0 Å². The van der Waals surface area contributed by atoms with Crippen LogP contribution in [0.25, 0.3) is 0 Å². The van der Waals surface area contributed by atoms with Gasteiger partial charge in [0.1, 0.15) is 11.4 Å². The lowest BCUT2D eigenvalue weighted by molar-refractivity contribution is -0.142. The van der Waals surface area contributed by atoms with Gasteiger partial charge in [-0.05, 0) is 51.0 Å². The van der Waals surface area contributed by atoms with Crippen LogP contribution in [0.15, 0.2) is 23.1 Å². The van der Waals surface area contributed by atoms with E-state index in [0.717, 1.165) is 5.56 Å². The van der Waals surface area contributed by atoms with Crippen LogP contribution in [0.5, 0.6) is 5.75 Å². The Kier molecular flexibility index (Phi) is 3.68. The molecule has 0 aliphatic carbocycles. The van der Waals surface area contributed by atoms with Crippen LogP contribution in [0, 0.1) is 5.92 Å². The number of benzene rings is 1. The van der Waals surface area contributed by atoms with Crippen LogP contribution >= 0.6 is 0 Å². The van der Waals surface area contributed by atoms with Crippen LogP contribution in [0.2, 0.25) is 0 Å². The number of fused-ring (bicyclic) bond motifs is 1. The van der Waals surface area contributed by atoms with Gasteiger partial charge in [-0.3, -0.25) is 4.79 Å². The number of hydrogen-bond acceptors (Lipinski definition) is 4. The quantitative estimate of drug-likeness (QED) is 0.909. The average molecular weight is 339 g/mol. The highest BCUT2D eigenvalue weighted by Gasteiger charge is 2.42. The van der Waals surface area contributed by atoms with E-state index in [-0.39, 0.29) is 17.0 Å². The molecule has 2 aliphatic rings. The van der Waals surface area contributed by atoms with Gasteiger partial charge in [0.2, 0.25) is 10.0 Å². The fourth-order valence-corrected chi connectivity index (χ4v) is 5.19. The first-order valence-electron chi connectivity index (χ1n) is 7.68. The van der Waals surface area contributed by atoms with E-state index >= 15 is 0 Å². The van der Waals surface area contributed by atoms with Crippen molar-refractivity contribution >= 4 is 16.0 Å². The molecule has 1 aromatic carbocycles. The molecular weight excluding hydrogens is 318 g/mol. The van der Waals surface area contributed by atoms with E-state index in [4.69, 9.17) is 4.74 Å². The van der Waals surface area contributed by atoms with Crippen molar-refractivity contribution in [3.8, 4) is 5.75 Å². The summed E-state index contributed by atoms with van der Waals surface area (Å²) >= 11 is 0. The fourth-order valence-electron chi connectivity index (χ4n) is 3.46. The number of ether oxygens (including phenoxy) is 1. The number of rotatable bonds is 3. The summed E-state index contributed by atoms with van der Waals surface area (Å²) in [6, 6.07) is 4.33.